The van der Waals surface area contributed by atoms with Crippen molar-refractivity contribution in [3.63, 3.8) is 0 Å². The summed E-state index contributed by atoms with van der Waals surface area (Å²) in [5, 5.41) is 0.609. The Morgan fingerprint density at radius 2 is 1.86 bits per heavy atom. The van der Waals surface area contributed by atoms with Crippen molar-refractivity contribution in [1.82, 2.24) is 4.90 Å². The maximum Gasteiger partial charge on any atom is 0.307 e. The highest BCUT2D eigenvalue weighted by Crippen LogP contribution is 2.15. The third-order valence-corrected chi connectivity index (χ3v) is 3.18. The van der Waals surface area contributed by atoms with Gasteiger partial charge < -0.3 is 14.4 Å². The van der Waals surface area contributed by atoms with E-state index in [0.29, 0.717) is 29.8 Å². The molecule has 1 aromatic rings. The average molecular weight is 328 g/mol. The van der Waals surface area contributed by atoms with E-state index in [1.165, 1.54) is 7.11 Å². The highest BCUT2D eigenvalue weighted by Gasteiger charge is 2.17. The number of carbonyl (C=O) groups is 2. The standard InChI is InChI=1S/C16H22ClNO4/c1-12(2)10-18(9-8-16(20)21-3)15(19)11-22-14-6-4-13(17)5-7-14/h4-7,12H,8-11H2,1-3H3. The van der Waals surface area contributed by atoms with Crippen molar-refractivity contribution in [2.45, 2.75) is 20.3 Å². The van der Waals surface area contributed by atoms with Crippen LogP contribution in [0.4, 0.5) is 0 Å². The lowest BCUT2D eigenvalue weighted by molar-refractivity contribution is -0.142. The molecule has 0 fully saturated rings. The van der Waals surface area contributed by atoms with Gasteiger partial charge in [-0.15, -0.1) is 0 Å². The van der Waals surface area contributed by atoms with Gasteiger partial charge in [0.2, 0.25) is 0 Å². The van der Waals surface area contributed by atoms with Crippen LogP contribution in [0.3, 0.4) is 0 Å². The lowest BCUT2D eigenvalue weighted by Gasteiger charge is -2.24. The SMILES string of the molecule is COC(=O)CCN(CC(C)C)C(=O)COc1ccc(Cl)cc1. The van der Waals surface area contributed by atoms with Gasteiger partial charge in [0, 0.05) is 18.1 Å². The molecule has 1 aromatic carbocycles. The third-order valence-electron chi connectivity index (χ3n) is 2.93. The minimum atomic E-state index is -0.333. The first-order chi connectivity index (χ1) is 10.4. The molecule has 1 amide bonds. The normalized spacial score (nSPS) is 10.4. The molecule has 122 valence electrons. The second kappa shape index (κ2) is 9.30. The summed E-state index contributed by atoms with van der Waals surface area (Å²) in [7, 11) is 1.33. The average Bonchev–Trinajstić information content (AvgIpc) is 2.49. The van der Waals surface area contributed by atoms with E-state index in [1.807, 2.05) is 13.8 Å². The van der Waals surface area contributed by atoms with E-state index in [1.54, 1.807) is 29.2 Å². The molecule has 0 atom stereocenters. The fraction of sp³-hybridized carbons (Fsp3) is 0.500. The van der Waals surface area contributed by atoms with Gasteiger partial charge in [0.05, 0.1) is 13.5 Å². The maximum atomic E-state index is 12.2. The molecule has 0 radical (unpaired) electrons. The Hall–Kier alpha value is -1.75. The van der Waals surface area contributed by atoms with Crippen LogP contribution in [0.25, 0.3) is 0 Å². The Morgan fingerprint density at radius 1 is 1.23 bits per heavy atom. The van der Waals surface area contributed by atoms with Crippen LogP contribution >= 0.6 is 11.6 Å². The van der Waals surface area contributed by atoms with E-state index < -0.39 is 0 Å². The van der Waals surface area contributed by atoms with Crippen molar-refractivity contribution < 1.29 is 19.1 Å². The van der Waals surface area contributed by atoms with Crippen LogP contribution in [0, 0.1) is 5.92 Å². The summed E-state index contributed by atoms with van der Waals surface area (Å²) in [5.74, 6) is 0.389. The first-order valence-electron chi connectivity index (χ1n) is 7.15. The van der Waals surface area contributed by atoms with Crippen molar-refractivity contribution >= 4 is 23.5 Å². The second-order valence-corrected chi connectivity index (χ2v) is 5.74. The topological polar surface area (TPSA) is 55.8 Å². The molecule has 0 aliphatic carbocycles. The van der Waals surface area contributed by atoms with Gasteiger partial charge in [-0.05, 0) is 30.2 Å². The number of ether oxygens (including phenoxy) is 2. The molecule has 1 rings (SSSR count). The fourth-order valence-corrected chi connectivity index (χ4v) is 1.98. The lowest BCUT2D eigenvalue weighted by atomic mass is 10.2. The predicted octanol–water partition coefficient (Wildman–Crippen LogP) is 2.77. The van der Waals surface area contributed by atoms with Crippen molar-refractivity contribution in [3.8, 4) is 5.75 Å². The van der Waals surface area contributed by atoms with Crippen LogP contribution in [-0.2, 0) is 14.3 Å². The van der Waals surface area contributed by atoms with Gasteiger partial charge in [-0.1, -0.05) is 25.4 Å². The largest absolute Gasteiger partial charge is 0.484 e. The van der Waals surface area contributed by atoms with Gasteiger partial charge in [-0.2, -0.15) is 0 Å². The zero-order chi connectivity index (χ0) is 16.5. The number of nitrogens with zero attached hydrogens (tertiary/aromatic N) is 1. The van der Waals surface area contributed by atoms with Crippen molar-refractivity contribution in [2.75, 3.05) is 26.8 Å². The number of amides is 1. The number of benzene rings is 1. The van der Waals surface area contributed by atoms with Crippen LogP contribution in [0.5, 0.6) is 5.75 Å². The molecule has 0 unspecified atom stereocenters. The minimum Gasteiger partial charge on any atom is -0.484 e. The molecular weight excluding hydrogens is 306 g/mol. The van der Waals surface area contributed by atoms with Crippen LogP contribution in [0.1, 0.15) is 20.3 Å². The molecule has 0 saturated heterocycles. The summed E-state index contributed by atoms with van der Waals surface area (Å²) in [6.45, 7) is 4.85. The van der Waals surface area contributed by atoms with E-state index in [4.69, 9.17) is 16.3 Å². The smallest absolute Gasteiger partial charge is 0.307 e. The molecule has 6 heteroatoms. The Labute approximate surface area is 136 Å². The second-order valence-electron chi connectivity index (χ2n) is 5.30. The number of carbonyl (C=O) groups excluding carboxylic acids is 2. The molecule has 0 spiro atoms. The van der Waals surface area contributed by atoms with Gasteiger partial charge in [-0.25, -0.2) is 0 Å². The van der Waals surface area contributed by atoms with Crippen molar-refractivity contribution in [2.24, 2.45) is 5.92 Å². The molecule has 0 heterocycles. The Morgan fingerprint density at radius 3 is 2.41 bits per heavy atom. The van der Waals surface area contributed by atoms with Gasteiger partial charge >= 0.3 is 5.97 Å². The Kier molecular flexibility index (Phi) is 7.74. The van der Waals surface area contributed by atoms with E-state index in [-0.39, 0.29) is 24.9 Å². The summed E-state index contributed by atoms with van der Waals surface area (Å²) >= 11 is 5.79. The van der Waals surface area contributed by atoms with E-state index in [2.05, 4.69) is 4.74 Å². The predicted molar refractivity (Wildman–Crippen MR) is 85.0 cm³/mol. The van der Waals surface area contributed by atoms with Gasteiger partial charge in [0.25, 0.3) is 5.91 Å². The van der Waals surface area contributed by atoms with Gasteiger partial charge in [0.1, 0.15) is 5.75 Å². The molecule has 0 aromatic heterocycles. The monoisotopic (exact) mass is 327 g/mol. The summed E-state index contributed by atoms with van der Waals surface area (Å²) < 4.78 is 10.1. The van der Waals surface area contributed by atoms with Crippen LogP contribution in [-0.4, -0.2) is 43.6 Å². The van der Waals surface area contributed by atoms with E-state index >= 15 is 0 Å². The van der Waals surface area contributed by atoms with E-state index in [0.717, 1.165) is 0 Å². The molecular formula is C16H22ClNO4. The summed E-state index contributed by atoms with van der Waals surface area (Å²) in [6, 6.07) is 6.81. The minimum absolute atomic E-state index is 0.0739. The Balaban J connectivity index is 2.54. The molecule has 0 aliphatic heterocycles. The highest BCUT2D eigenvalue weighted by atomic mass is 35.5. The molecule has 0 saturated carbocycles. The van der Waals surface area contributed by atoms with Gasteiger partial charge in [-0.3, -0.25) is 9.59 Å². The number of methoxy groups -OCH3 is 1. The number of halogens is 1. The first-order valence-corrected chi connectivity index (χ1v) is 7.53. The number of rotatable bonds is 8. The number of hydrogen-bond donors (Lipinski definition) is 0. The van der Waals surface area contributed by atoms with Crippen molar-refractivity contribution in [3.05, 3.63) is 29.3 Å². The zero-order valence-electron chi connectivity index (χ0n) is 13.2. The zero-order valence-corrected chi connectivity index (χ0v) is 13.9. The van der Waals surface area contributed by atoms with Crippen LogP contribution in [0.2, 0.25) is 5.02 Å². The molecule has 22 heavy (non-hydrogen) atoms. The highest BCUT2D eigenvalue weighted by molar-refractivity contribution is 6.30. The Bertz CT molecular complexity index is 487. The maximum absolute atomic E-state index is 12.2. The number of esters is 1. The molecule has 0 aliphatic rings. The molecule has 5 nitrogen and oxygen atoms in total. The number of hydrogen-bond acceptors (Lipinski definition) is 4. The van der Waals surface area contributed by atoms with E-state index in [9.17, 15) is 9.59 Å². The molecule has 0 bridgehead atoms. The summed E-state index contributed by atoms with van der Waals surface area (Å²) in [5.41, 5.74) is 0. The lowest BCUT2D eigenvalue weighted by Crippen LogP contribution is -2.39. The summed E-state index contributed by atoms with van der Waals surface area (Å²) in [6.07, 6.45) is 0.176. The molecule has 0 N–H and O–H groups in total. The fourth-order valence-electron chi connectivity index (χ4n) is 1.85. The summed E-state index contributed by atoms with van der Waals surface area (Å²) in [4.78, 5) is 25.1. The third kappa shape index (κ3) is 6.80. The van der Waals surface area contributed by atoms with Crippen LogP contribution in [0.15, 0.2) is 24.3 Å². The van der Waals surface area contributed by atoms with Gasteiger partial charge in [0.15, 0.2) is 6.61 Å². The van der Waals surface area contributed by atoms with Crippen LogP contribution < -0.4 is 4.74 Å². The quantitative estimate of drug-likeness (QED) is 0.689. The first kappa shape index (κ1) is 18.3. The van der Waals surface area contributed by atoms with Crippen molar-refractivity contribution in [1.29, 1.82) is 0 Å².